The van der Waals surface area contributed by atoms with Gasteiger partial charge in [-0.05, 0) is 24.0 Å². The monoisotopic (exact) mass is 343 g/mol. The van der Waals surface area contributed by atoms with E-state index in [9.17, 15) is 4.79 Å². The highest BCUT2D eigenvalue weighted by Crippen LogP contribution is 2.36. The Bertz CT molecular complexity index is 760. The molecule has 2 aliphatic rings. The van der Waals surface area contributed by atoms with Crippen LogP contribution in [0.4, 0.5) is 0 Å². The standard InChI is InChI=1S/C18H21N3O4/c1-12-19-20-18(25-12)15-11-23-9-7-21(15)17(22)10-13-6-8-24-16-5-3-2-4-14(13)16/h2-5,13,15H,6-11H2,1H3/t13-,15-/m0/s1. The summed E-state index contributed by atoms with van der Waals surface area (Å²) in [6.45, 7) is 3.84. The molecule has 2 aliphatic heterocycles. The van der Waals surface area contributed by atoms with E-state index in [1.807, 2.05) is 29.2 Å². The number of aromatic nitrogens is 2. The Morgan fingerprint density at radius 1 is 1.28 bits per heavy atom. The van der Waals surface area contributed by atoms with E-state index < -0.39 is 0 Å². The zero-order valence-corrected chi connectivity index (χ0v) is 14.2. The van der Waals surface area contributed by atoms with Crippen LogP contribution >= 0.6 is 0 Å². The van der Waals surface area contributed by atoms with Crippen molar-refractivity contribution in [2.75, 3.05) is 26.4 Å². The van der Waals surface area contributed by atoms with Gasteiger partial charge in [0.1, 0.15) is 11.8 Å². The van der Waals surface area contributed by atoms with Crippen molar-refractivity contribution in [1.82, 2.24) is 15.1 Å². The molecule has 1 fully saturated rings. The summed E-state index contributed by atoms with van der Waals surface area (Å²) >= 11 is 0. The van der Waals surface area contributed by atoms with Gasteiger partial charge in [0.25, 0.3) is 0 Å². The topological polar surface area (TPSA) is 77.7 Å². The number of para-hydroxylation sites is 1. The minimum Gasteiger partial charge on any atom is -0.493 e. The van der Waals surface area contributed by atoms with Gasteiger partial charge < -0.3 is 18.8 Å². The second-order valence-electron chi connectivity index (χ2n) is 6.41. The van der Waals surface area contributed by atoms with Gasteiger partial charge in [-0.3, -0.25) is 4.79 Å². The van der Waals surface area contributed by atoms with Gasteiger partial charge in [0.05, 0.1) is 19.8 Å². The minimum atomic E-state index is -0.308. The molecule has 7 heteroatoms. The first-order valence-electron chi connectivity index (χ1n) is 8.61. The average molecular weight is 343 g/mol. The maximum absolute atomic E-state index is 13.0. The second kappa shape index (κ2) is 6.84. The fourth-order valence-corrected chi connectivity index (χ4v) is 3.51. The molecule has 0 saturated carbocycles. The van der Waals surface area contributed by atoms with Crippen molar-refractivity contribution in [3.63, 3.8) is 0 Å². The van der Waals surface area contributed by atoms with Crippen molar-refractivity contribution >= 4 is 5.91 Å². The molecule has 7 nitrogen and oxygen atoms in total. The molecule has 132 valence electrons. The van der Waals surface area contributed by atoms with Crippen LogP contribution in [-0.2, 0) is 9.53 Å². The van der Waals surface area contributed by atoms with Crippen molar-refractivity contribution < 1.29 is 18.7 Å². The SMILES string of the molecule is Cc1nnc([C@@H]2COCCN2C(=O)C[C@@H]2CCOc3ccccc32)o1. The third-order valence-electron chi connectivity index (χ3n) is 4.78. The first-order valence-corrected chi connectivity index (χ1v) is 8.61. The fourth-order valence-electron chi connectivity index (χ4n) is 3.51. The Morgan fingerprint density at radius 3 is 3.00 bits per heavy atom. The number of morpholine rings is 1. The molecule has 1 amide bonds. The number of carbonyl (C=O) groups is 1. The van der Waals surface area contributed by atoms with E-state index in [2.05, 4.69) is 10.2 Å². The second-order valence-corrected chi connectivity index (χ2v) is 6.41. The van der Waals surface area contributed by atoms with Crippen LogP contribution in [0.3, 0.4) is 0 Å². The van der Waals surface area contributed by atoms with Gasteiger partial charge in [-0.25, -0.2) is 0 Å². The molecule has 0 bridgehead atoms. The van der Waals surface area contributed by atoms with E-state index in [0.717, 1.165) is 17.7 Å². The molecule has 0 N–H and O–H groups in total. The molecule has 0 spiro atoms. The number of fused-ring (bicyclic) bond motifs is 1. The number of ether oxygens (including phenoxy) is 2. The smallest absolute Gasteiger partial charge is 0.241 e. The third kappa shape index (κ3) is 3.24. The number of hydrogen-bond donors (Lipinski definition) is 0. The van der Waals surface area contributed by atoms with Crippen LogP contribution in [0.25, 0.3) is 0 Å². The molecule has 1 aromatic carbocycles. The lowest BCUT2D eigenvalue weighted by atomic mass is 9.89. The van der Waals surface area contributed by atoms with Crippen LogP contribution in [0.2, 0.25) is 0 Å². The zero-order chi connectivity index (χ0) is 17.2. The van der Waals surface area contributed by atoms with Crippen molar-refractivity contribution in [2.45, 2.75) is 31.7 Å². The number of amides is 1. The number of nitrogens with zero attached hydrogens (tertiary/aromatic N) is 3. The van der Waals surface area contributed by atoms with Crippen LogP contribution in [0.1, 0.15) is 42.1 Å². The minimum absolute atomic E-state index is 0.0888. The summed E-state index contributed by atoms with van der Waals surface area (Å²) in [5.74, 6) is 2.08. The summed E-state index contributed by atoms with van der Waals surface area (Å²) in [6.07, 6.45) is 1.29. The number of benzene rings is 1. The number of rotatable bonds is 3. The quantitative estimate of drug-likeness (QED) is 0.850. The largest absolute Gasteiger partial charge is 0.493 e. The Kier molecular flexibility index (Phi) is 4.40. The Labute approximate surface area is 145 Å². The molecule has 3 heterocycles. The summed E-state index contributed by atoms with van der Waals surface area (Å²) in [4.78, 5) is 14.8. The number of carbonyl (C=O) groups excluding carboxylic acids is 1. The van der Waals surface area contributed by atoms with Crippen LogP contribution in [-0.4, -0.2) is 47.4 Å². The first-order chi connectivity index (χ1) is 12.2. The van der Waals surface area contributed by atoms with Gasteiger partial charge in [-0.15, -0.1) is 10.2 Å². The van der Waals surface area contributed by atoms with Crippen LogP contribution in [0.5, 0.6) is 5.75 Å². The van der Waals surface area contributed by atoms with Crippen LogP contribution in [0, 0.1) is 6.92 Å². The molecule has 4 rings (SSSR count). The van der Waals surface area contributed by atoms with E-state index in [1.54, 1.807) is 6.92 Å². The predicted molar refractivity (Wildman–Crippen MR) is 88.2 cm³/mol. The lowest BCUT2D eigenvalue weighted by Gasteiger charge is -2.35. The zero-order valence-electron chi connectivity index (χ0n) is 14.2. The van der Waals surface area contributed by atoms with Gasteiger partial charge in [-0.1, -0.05) is 18.2 Å². The summed E-state index contributed by atoms with van der Waals surface area (Å²) in [7, 11) is 0. The Morgan fingerprint density at radius 2 is 2.16 bits per heavy atom. The summed E-state index contributed by atoms with van der Waals surface area (Å²) in [6, 6.07) is 7.65. The van der Waals surface area contributed by atoms with Gasteiger partial charge in [0.15, 0.2) is 0 Å². The van der Waals surface area contributed by atoms with Crippen molar-refractivity contribution in [3.05, 3.63) is 41.6 Å². The summed E-state index contributed by atoms with van der Waals surface area (Å²) in [5, 5.41) is 7.95. The molecule has 0 aliphatic carbocycles. The predicted octanol–water partition coefficient (Wildman–Crippen LogP) is 2.23. The molecule has 25 heavy (non-hydrogen) atoms. The molecular weight excluding hydrogens is 322 g/mol. The number of aryl methyl sites for hydroxylation is 1. The third-order valence-corrected chi connectivity index (χ3v) is 4.78. The molecule has 0 radical (unpaired) electrons. The van der Waals surface area contributed by atoms with Gasteiger partial charge in [0, 0.05) is 19.9 Å². The van der Waals surface area contributed by atoms with Crippen molar-refractivity contribution in [2.24, 2.45) is 0 Å². The van der Waals surface area contributed by atoms with Crippen LogP contribution in [0.15, 0.2) is 28.7 Å². The summed E-state index contributed by atoms with van der Waals surface area (Å²) in [5.41, 5.74) is 1.11. The lowest BCUT2D eigenvalue weighted by Crippen LogP contribution is -2.44. The molecule has 1 saturated heterocycles. The highest BCUT2D eigenvalue weighted by molar-refractivity contribution is 5.78. The maximum Gasteiger partial charge on any atom is 0.241 e. The Hall–Kier alpha value is -2.41. The van der Waals surface area contributed by atoms with Crippen LogP contribution < -0.4 is 4.74 Å². The molecule has 2 atom stereocenters. The van der Waals surface area contributed by atoms with E-state index in [1.165, 1.54) is 0 Å². The molecule has 1 aromatic heterocycles. The van der Waals surface area contributed by atoms with Gasteiger partial charge in [0.2, 0.25) is 17.7 Å². The van der Waals surface area contributed by atoms with Crippen molar-refractivity contribution in [3.8, 4) is 5.75 Å². The number of hydrogen-bond acceptors (Lipinski definition) is 6. The molecule has 2 aromatic rings. The molecule has 0 unspecified atom stereocenters. The highest BCUT2D eigenvalue weighted by atomic mass is 16.5. The lowest BCUT2D eigenvalue weighted by molar-refractivity contribution is -0.141. The molecular formula is C18H21N3O4. The normalized spacial score (nSPS) is 23.0. The maximum atomic E-state index is 13.0. The van der Waals surface area contributed by atoms with E-state index in [-0.39, 0.29) is 17.9 Å². The van der Waals surface area contributed by atoms with Gasteiger partial charge >= 0.3 is 0 Å². The Balaban J connectivity index is 1.52. The van der Waals surface area contributed by atoms with Gasteiger partial charge in [-0.2, -0.15) is 0 Å². The average Bonchev–Trinajstić information content (AvgIpc) is 3.08. The highest BCUT2D eigenvalue weighted by Gasteiger charge is 2.34. The fraction of sp³-hybridized carbons (Fsp3) is 0.500. The first kappa shape index (κ1) is 16.1. The van der Waals surface area contributed by atoms with E-state index in [0.29, 0.717) is 44.6 Å². The van der Waals surface area contributed by atoms with E-state index >= 15 is 0 Å². The van der Waals surface area contributed by atoms with Crippen molar-refractivity contribution in [1.29, 1.82) is 0 Å². The van der Waals surface area contributed by atoms with E-state index in [4.69, 9.17) is 13.9 Å². The summed E-state index contributed by atoms with van der Waals surface area (Å²) < 4.78 is 16.8.